The Bertz CT molecular complexity index is 1860. The molecule has 0 aliphatic heterocycles. The van der Waals surface area contributed by atoms with Crippen LogP contribution in [0.25, 0.3) is 0 Å². The van der Waals surface area contributed by atoms with Crippen molar-refractivity contribution >= 4 is 40.0 Å². The Kier molecular flexibility index (Phi) is 11.1. The average Bonchev–Trinajstić information content (AvgIpc) is 3.58. The van der Waals surface area contributed by atoms with Crippen LogP contribution in [-0.2, 0) is 24.0 Å². The Balaban J connectivity index is 0.000000180. The van der Waals surface area contributed by atoms with Crippen LogP contribution in [0.2, 0.25) is 0 Å². The number of hydrogen-bond donors (Lipinski definition) is 5. The number of rotatable bonds is 5. The zero-order valence-electron chi connectivity index (χ0n) is 35.5. The van der Waals surface area contributed by atoms with Gasteiger partial charge in [0, 0.05) is 34.0 Å². The van der Waals surface area contributed by atoms with Gasteiger partial charge in [-0.25, -0.2) is 0 Å². The van der Waals surface area contributed by atoms with E-state index in [0.717, 1.165) is 62.3 Å². The molecule has 0 amide bonds. The third-order valence-corrected chi connectivity index (χ3v) is 19.0. The van der Waals surface area contributed by atoms with Gasteiger partial charge in [-0.3, -0.25) is 24.0 Å². The average molecular weight is 823 g/mol. The predicted molar refractivity (Wildman–Crippen MR) is 220 cm³/mol. The van der Waals surface area contributed by atoms with Crippen LogP contribution in [0.5, 0.6) is 0 Å². The first-order valence-corrected chi connectivity index (χ1v) is 22.7. The number of aliphatic hydroxyl groups is 5. The van der Waals surface area contributed by atoms with Crippen molar-refractivity contribution in [3.63, 3.8) is 0 Å². The Morgan fingerprint density at radius 3 is 1.84 bits per heavy atom. The molecule has 11 heteroatoms. The smallest absolute Gasteiger partial charge is 0.194 e. The molecule has 0 heterocycles. The lowest BCUT2D eigenvalue weighted by atomic mass is 9.45. The monoisotopic (exact) mass is 822 g/mol. The van der Waals surface area contributed by atoms with E-state index in [0.29, 0.717) is 32.1 Å². The lowest BCUT2D eigenvalue weighted by Crippen LogP contribution is -2.62. The first kappa shape index (κ1) is 43.8. The van der Waals surface area contributed by atoms with Crippen LogP contribution in [0, 0.1) is 62.6 Å². The van der Waals surface area contributed by atoms with Crippen LogP contribution in [0.3, 0.4) is 0 Å². The van der Waals surface area contributed by atoms with Gasteiger partial charge in [-0.05, 0) is 124 Å². The predicted octanol–water partition coefficient (Wildman–Crippen LogP) is 5.65. The van der Waals surface area contributed by atoms with Crippen molar-refractivity contribution in [1.29, 1.82) is 0 Å². The number of Topliss-reactive ketones (excluding diaryl/α,β-unsaturated/α-hetero) is 2. The van der Waals surface area contributed by atoms with E-state index in [4.69, 9.17) is 0 Å². The molecule has 14 atom stereocenters. The van der Waals surface area contributed by atoms with Gasteiger partial charge < -0.3 is 25.5 Å². The SMILES string of the molecule is CC(C)(C)C(=O)SCC(=O)[C@@]1(O)CC[C@H]2[C@@H]3CCC4=CC(=O)CC[C@]4(C)[C@H]3[C@@H](O)C[C@@]21C.C[C@]12C=CC(=O)C=C1CC[C@@H]1[C@@H]2[C@@H](O)C[C@@]2(C)[C@H]1CC[C@]2(O)C(=O)CO. The van der Waals surface area contributed by atoms with Gasteiger partial charge in [-0.15, -0.1) is 0 Å². The first-order chi connectivity index (χ1) is 26.9. The maximum atomic E-state index is 13.3. The van der Waals surface area contributed by atoms with Crippen LogP contribution in [0.1, 0.15) is 126 Å². The van der Waals surface area contributed by atoms with E-state index in [1.54, 1.807) is 12.2 Å². The Morgan fingerprint density at radius 1 is 0.741 bits per heavy atom. The van der Waals surface area contributed by atoms with Crippen molar-refractivity contribution in [2.45, 2.75) is 149 Å². The largest absolute Gasteiger partial charge is 0.393 e. The number of aliphatic hydroxyl groups excluding tert-OH is 3. The molecule has 8 aliphatic rings. The highest BCUT2D eigenvalue weighted by Gasteiger charge is 2.69. The van der Waals surface area contributed by atoms with Crippen LogP contribution < -0.4 is 0 Å². The topological polar surface area (TPSA) is 186 Å². The molecule has 0 aromatic carbocycles. The third kappa shape index (κ3) is 6.40. The number of fused-ring (bicyclic) bond motifs is 10. The molecule has 5 N–H and O–H groups in total. The minimum Gasteiger partial charge on any atom is -0.393 e. The van der Waals surface area contributed by atoms with E-state index < -0.39 is 52.0 Å². The third-order valence-electron chi connectivity index (χ3n) is 17.7. The maximum Gasteiger partial charge on any atom is 0.194 e. The fourth-order valence-corrected chi connectivity index (χ4v) is 15.5. The quantitative estimate of drug-likeness (QED) is 0.231. The van der Waals surface area contributed by atoms with Gasteiger partial charge in [0.05, 0.1) is 18.0 Å². The van der Waals surface area contributed by atoms with Gasteiger partial charge in [-0.1, -0.05) is 77.5 Å². The highest BCUT2D eigenvalue weighted by Crippen LogP contribution is 2.69. The van der Waals surface area contributed by atoms with Gasteiger partial charge in [0.15, 0.2) is 28.2 Å². The van der Waals surface area contributed by atoms with E-state index in [-0.39, 0.29) is 74.6 Å². The molecule has 0 aromatic heterocycles. The molecule has 0 unspecified atom stereocenters. The van der Waals surface area contributed by atoms with Gasteiger partial charge >= 0.3 is 0 Å². The fraction of sp³-hybridized carbons (Fsp3) is 0.766. The molecular weight excluding hydrogens is 757 g/mol. The summed E-state index contributed by atoms with van der Waals surface area (Å²) in [5.41, 5.74) is -3.28. The second kappa shape index (κ2) is 14.7. The van der Waals surface area contributed by atoms with Crippen molar-refractivity contribution in [3.05, 3.63) is 35.5 Å². The van der Waals surface area contributed by atoms with Gasteiger partial charge in [0.25, 0.3) is 0 Å². The number of thioether (sulfide) groups is 1. The summed E-state index contributed by atoms with van der Waals surface area (Å²) in [6.45, 7) is 13.0. The summed E-state index contributed by atoms with van der Waals surface area (Å²) in [5.74, 6) is 0.106. The number of ketones is 4. The zero-order valence-corrected chi connectivity index (χ0v) is 36.3. The molecular formula is C47H66O10S. The summed E-state index contributed by atoms with van der Waals surface area (Å²) < 4.78 is 0. The summed E-state index contributed by atoms with van der Waals surface area (Å²) >= 11 is 1.00. The Morgan fingerprint density at radius 2 is 1.28 bits per heavy atom. The van der Waals surface area contributed by atoms with Gasteiger partial charge in [-0.2, -0.15) is 0 Å². The lowest BCUT2D eigenvalue weighted by Gasteiger charge is -2.60. The number of carbonyl (C=O) groups is 5. The molecule has 10 nitrogen and oxygen atoms in total. The van der Waals surface area contributed by atoms with E-state index in [2.05, 4.69) is 13.8 Å². The van der Waals surface area contributed by atoms with E-state index in [1.807, 2.05) is 46.8 Å². The normalized spacial score (nSPS) is 46.5. The minimum atomic E-state index is -1.56. The molecule has 0 bridgehead atoms. The van der Waals surface area contributed by atoms with E-state index in [9.17, 15) is 49.5 Å². The molecule has 8 rings (SSSR count). The lowest BCUT2D eigenvalue weighted by molar-refractivity contribution is -0.179. The first-order valence-electron chi connectivity index (χ1n) is 21.7. The van der Waals surface area contributed by atoms with Crippen LogP contribution in [0.15, 0.2) is 35.5 Å². The molecule has 6 saturated carbocycles. The van der Waals surface area contributed by atoms with Crippen LogP contribution in [0.4, 0.5) is 0 Å². The molecule has 0 aromatic rings. The standard InChI is InChI=1S/C26H38O5S.C21H28O5/c1-23(2,3)22(30)32-14-20(29)26(31)11-9-18-17-7-6-15-12-16(27)8-10-24(15,4)21(17)19(28)13-25(18,26)5;1-19-7-5-13(23)9-12(19)3-4-14-15-6-8-21(26,17(25)11-22)20(15,2)10-16(24)18(14)19/h12,17-19,21,28,31H,6-11,13-14H2,1-5H3;5,7,9,14-16,18,22,24,26H,3-4,6,8,10-11H2,1-2H3/t17-,18-,19-,21+,24-,25-,26-;14-,15-,16-,18+,19-,20-,21-/m00/s1. The number of carbonyl (C=O) groups excluding carboxylic acids is 5. The molecule has 0 saturated heterocycles. The minimum absolute atomic E-state index is 0.00912. The van der Waals surface area contributed by atoms with Crippen molar-refractivity contribution in [1.82, 2.24) is 0 Å². The molecule has 320 valence electrons. The van der Waals surface area contributed by atoms with Crippen LogP contribution >= 0.6 is 11.8 Å². The summed E-state index contributed by atoms with van der Waals surface area (Å²) in [4.78, 5) is 61.8. The van der Waals surface area contributed by atoms with E-state index in [1.165, 1.54) is 5.57 Å². The molecule has 6 fully saturated rings. The molecule has 58 heavy (non-hydrogen) atoms. The second-order valence-electron chi connectivity index (χ2n) is 21.4. The second-order valence-corrected chi connectivity index (χ2v) is 22.4. The highest BCUT2D eigenvalue weighted by atomic mass is 32.2. The van der Waals surface area contributed by atoms with E-state index >= 15 is 0 Å². The highest BCUT2D eigenvalue weighted by molar-refractivity contribution is 8.14. The maximum absolute atomic E-state index is 13.3. The molecule has 0 radical (unpaired) electrons. The van der Waals surface area contributed by atoms with Crippen LogP contribution in [-0.4, -0.2) is 89.6 Å². The Hall–Kier alpha value is -2.28. The fourth-order valence-electron chi connectivity index (χ4n) is 14.5. The van der Waals surface area contributed by atoms with Gasteiger partial charge in [0.1, 0.15) is 17.8 Å². The molecule has 0 spiro atoms. The summed E-state index contributed by atoms with van der Waals surface area (Å²) in [6, 6.07) is 0. The van der Waals surface area contributed by atoms with Gasteiger partial charge in [0.2, 0.25) is 0 Å². The zero-order chi connectivity index (χ0) is 42.6. The summed E-state index contributed by atoms with van der Waals surface area (Å²) in [5, 5.41) is 54.8. The summed E-state index contributed by atoms with van der Waals surface area (Å²) in [6.07, 6.45) is 13.5. The van der Waals surface area contributed by atoms with Crippen molar-refractivity contribution in [3.8, 4) is 0 Å². The Labute approximate surface area is 347 Å². The van der Waals surface area contributed by atoms with Crippen molar-refractivity contribution < 1.29 is 49.5 Å². The molecule has 8 aliphatic carbocycles. The number of hydrogen-bond acceptors (Lipinski definition) is 11. The van der Waals surface area contributed by atoms with Crippen molar-refractivity contribution in [2.24, 2.45) is 62.6 Å². The number of allylic oxidation sites excluding steroid dienone is 5. The van der Waals surface area contributed by atoms with Crippen molar-refractivity contribution in [2.75, 3.05) is 12.4 Å². The summed E-state index contributed by atoms with van der Waals surface area (Å²) in [7, 11) is 0.